The summed E-state index contributed by atoms with van der Waals surface area (Å²) >= 11 is 0. The molecule has 7 heteroatoms. The van der Waals surface area contributed by atoms with Gasteiger partial charge in [0.2, 0.25) is 12.7 Å². The number of piperidine rings is 1. The standard InChI is InChI=1S/C31H33N3O4/c35-30(26-9-7-25(8-10-26)24-4-2-1-3-5-24)33-14-12-27(13-15-33)31(36)34-18-16-32(17-19-34)21-23-6-11-28-29(20-23)38-22-37-28/h1-11,20,27H,12-19,21-22H2. The number of fused-ring (bicyclic) bond motifs is 1. The van der Waals surface area contributed by atoms with Crippen LogP contribution in [-0.2, 0) is 11.3 Å². The number of likely N-dealkylation sites (tertiary alicyclic amines) is 1. The first-order valence-corrected chi connectivity index (χ1v) is 13.5. The molecule has 0 aliphatic carbocycles. The average Bonchev–Trinajstić information content (AvgIpc) is 3.46. The Balaban J connectivity index is 0.969. The Bertz CT molecular complexity index is 1280. The van der Waals surface area contributed by atoms with Crippen molar-refractivity contribution in [2.45, 2.75) is 19.4 Å². The van der Waals surface area contributed by atoms with E-state index in [2.05, 4.69) is 23.1 Å². The number of benzene rings is 3. The Hall–Kier alpha value is -3.84. The Kier molecular flexibility index (Phi) is 7.01. The molecule has 0 bridgehead atoms. The Morgan fingerprint density at radius 1 is 0.711 bits per heavy atom. The van der Waals surface area contributed by atoms with Gasteiger partial charge in [-0.3, -0.25) is 14.5 Å². The Labute approximate surface area is 223 Å². The van der Waals surface area contributed by atoms with Gasteiger partial charge < -0.3 is 19.3 Å². The summed E-state index contributed by atoms with van der Waals surface area (Å²) in [6.07, 6.45) is 1.45. The number of carbonyl (C=O) groups is 2. The smallest absolute Gasteiger partial charge is 0.253 e. The SMILES string of the molecule is O=C(c1ccc(-c2ccccc2)cc1)N1CCC(C(=O)N2CCN(Cc3ccc4c(c3)OCO4)CC2)CC1. The first kappa shape index (κ1) is 24.5. The molecule has 0 atom stereocenters. The van der Waals surface area contributed by atoms with Crippen molar-refractivity contribution in [2.24, 2.45) is 5.92 Å². The zero-order valence-corrected chi connectivity index (χ0v) is 21.6. The van der Waals surface area contributed by atoms with Crippen molar-refractivity contribution in [3.63, 3.8) is 0 Å². The number of ether oxygens (including phenoxy) is 2. The van der Waals surface area contributed by atoms with Crippen LogP contribution in [0.25, 0.3) is 11.1 Å². The van der Waals surface area contributed by atoms with Crippen molar-refractivity contribution >= 4 is 11.8 Å². The minimum absolute atomic E-state index is 0.0000775. The topological polar surface area (TPSA) is 62.3 Å². The summed E-state index contributed by atoms with van der Waals surface area (Å²) in [5, 5.41) is 0. The van der Waals surface area contributed by atoms with Crippen molar-refractivity contribution in [2.75, 3.05) is 46.1 Å². The molecule has 0 spiro atoms. The summed E-state index contributed by atoms with van der Waals surface area (Å²) in [4.78, 5) is 32.6. The van der Waals surface area contributed by atoms with Crippen LogP contribution >= 0.6 is 0 Å². The molecule has 3 aliphatic rings. The molecule has 6 rings (SSSR count). The van der Waals surface area contributed by atoms with E-state index in [9.17, 15) is 9.59 Å². The van der Waals surface area contributed by atoms with Gasteiger partial charge >= 0.3 is 0 Å². The minimum atomic E-state index is -0.0000775. The van der Waals surface area contributed by atoms with Crippen molar-refractivity contribution in [3.8, 4) is 22.6 Å². The molecule has 38 heavy (non-hydrogen) atoms. The molecule has 0 aromatic heterocycles. The quantitative estimate of drug-likeness (QED) is 0.512. The van der Waals surface area contributed by atoms with Crippen LogP contribution in [0.15, 0.2) is 72.8 Å². The summed E-state index contributed by atoms with van der Waals surface area (Å²) in [5.41, 5.74) is 4.14. The van der Waals surface area contributed by atoms with Crippen LogP contribution < -0.4 is 9.47 Å². The molecule has 0 N–H and O–H groups in total. The van der Waals surface area contributed by atoms with E-state index in [1.165, 1.54) is 5.56 Å². The lowest BCUT2D eigenvalue weighted by atomic mass is 9.94. The Morgan fingerprint density at radius 3 is 2.13 bits per heavy atom. The second kappa shape index (κ2) is 10.9. The number of amides is 2. The predicted molar refractivity (Wildman–Crippen MR) is 145 cm³/mol. The van der Waals surface area contributed by atoms with Crippen LogP contribution in [0.2, 0.25) is 0 Å². The van der Waals surface area contributed by atoms with Crippen LogP contribution in [0.1, 0.15) is 28.8 Å². The molecule has 3 heterocycles. The highest BCUT2D eigenvalue weighted by Crippen LogP contribution is 2.33. The highest BCUT2D eigenvalue weighted by Gasteiger charge is 2.32. The van der Waals surface area contributed by atoms with Crippen LogP contribution in [0.5, 0.6) is 11.5 Å². The molecule has 2 amide bonds. The molecule has 0 saturated carbocycles. The molecule has 3 aromatic rings. The fourth-order valence-electron chi connectivity index (χ4n) is 5.63. The van der Waals surface area contributed by atoms with Gasteiger partial charge in [-0.1, -0.05) is 48.5 Å². The van der Waals surface area contributed by atoms with E-state index < -0.39 is 0 Å². The van der Waals surface area contributed by atoms with E-state index in [1.807, 2.05) is 64.4 Å². The van der Waals surface area contributed by atoms with E-state index in [0.29, 0.717) is 18.7 Å². The van der Waals surface area contributed by atoms with Gasteiger partial charge in [-0.05, 0) is 53.8 Å². The molecular weight excluding hydrogens is 478 g/mol. The normalized spacial score (nSPS) is 18.0. The summed E-state index contributed by atoms with van der Waals surface area (Å²) < 4.78 is 10.9. The number of nitrogens with zero attached hydrogens (tertiary/aromatic N) is 3. The molecule has 7 nitrogen and oxygen atoms in total. The molecule has 3 aliphatic heterocycles. The maximum atomic E-state index is 13.2. The highest BCUT2D eigenvalue weighted by atomic mass is 16.7. The number of hydrogen-bond donors (Lipinski definition) is 0. The van der Waals surface area contributed by atoms with E-state index in [-0.39, 0.29) is 24.5 Å². The van der Waals surface area contributed by atoms with Crippen LogP contribution in [-0.4, -0.2) is 72.6 Å². The largest absolute Gasteiger partial charge is 0.454 e. The maximum Gasteiger partial charge on any atom is 0.253 e. The third kappa shape index (κ3) is 5.24. The predicted octanol–water partition coefficient (Wildman–Crippen LogP) is 4.28. The van der Waals surface area contributed by atoms with Gasteiger partial charge in [0.1, 0.15) is 0 Å². The lowest BCUT2D eigenvalue weighted by molar-refractivity contribution is -0.138. The van der Waals surface area contributed by atoms with Gasteiger partial charge in [-0.2, -0.15) is 0 Å². The first-order valence-electron chi connectivity index (χ1n) is 13.5. The van der Waals surface area contributed by atoms with Gasteiger partial charge in [0.05, 0.1) is 0 Å². The van der Waals surface area contributed by atoms with E-state index in [4.69, 9.17) is 9.47 Å². The zero-order valence-electron chi connectivity index (χ0n) is 21.6. The van der Waals surface area contributed by atoms with E-state index in [0.717, 1.165) is 68.2 Å². The molecule has 0 unspecified atom stereocenters. The fourth-order valence-corrected chi connectivity index (χ4v) is 5.63. The second-order valence-corrected chi connectivity index (χ2v) is 10.3. The summed E-state index contributed by atoms with van der Waals surface area (Å²) in [5.74, 6) is 1.91. The third-order valence-electron chi connectivity index (χ3n) is 7.90. The second-order valence-electron chi connectivity index (χ2n) is 10.3. The minimum Gasteiger partial charge on any atom is -0.454 e. The summed E-state index contributed by atoms with van der Waals surface area (Å²) in [6.45, 7) is 5.58. The molecule has 2 saturated heterocycles. The Morgan fingerprint density at radius 2 is 1.39 bits per heavy atom. The highest BCUT2D eigenvalue weighted by molar-refractivity contribution is 5.95. The number of carbonyl (C=O) groups excluding carboxylic acids is 2. The van der Waals surface area contributed by atoms with E-state index >= 15 is 0 Å². The maximum absolute atomic E-state index is 13.2. The van der Waals surface area contributed by atoms with Crippen molar-refractivity contribution in [1.29, 1.82) is 0 Å². The lowest BCUT2D eigenvalue weighted by Gasteiger charge is -2.38. The molecule has 196 valence electrons. The van der Waals surface area contributed by atoms with Crippen molar-refractivity contribution in [1.82, 2.24) is 14.7 Å². The van der Waals surface area contributed by atoms with Crippen LogP contribution in [0.4, 0.5) is 0 Å². The van der Waals surface area contributed by atoms with Gasteiger partial charge in [-0.15, -0.1) is 0 Å². The summed E-state index contributed by atoms with van der Waals surface area (Å²) in [7, 11) is 0. The number of hydrogen-bond acceptors (Lipinski definition) is 5. The van der Waals surface area contributed by atoms with Crippen LogP contribution in [0, 0.1) is 5.92 Å². The van der Waals surface area contributed by atoms with Gasteiger partial charge in [0.25, 0.3) is 5.91 Å². The summed E-state index contributed by atoms with van der Waals surface area (Å²) in [6, 6.07) is 24.1. The zero-order chi connectivity index (χ0) is 25.9. The monoisotopic (exact) mass is 511 g/mol. The van der Waals surface area contributed by atoms with Crippen molar-refractivity contribution < 1.29 is 19.1 Å². The molecule has 2 fully saturated rings. The first-order chi connectivity index (χ1) is 18.6. The van der Waals surface area contributed by atoms with Crippen LogP contribution in [0.3, 0.4) is 0 Å². The molecule has 0 radical (unpaired) electrons. The van der Waals surface area contributed by atoms with Gasteiger partial charge in [0.15, 0.2) is 11.5 Å². The fraction of sp³-hybridized carbons (Fsp3) is 0.355. The average molecular weight is 512 g/mol. The molecular formula is C31H33N3O4. The number of rotatable bonds is 5. The van der Waals surface area contributed by atoms with Gasteiger partial charge in [0, 0.05) is 57.3 Å². The van der Waals surface area contributed by atoms with Crippen molar-refractivity contribution in [3.05, 3.63) is 83.9 Å². The van der Waals surface area contributed by atoms with E-state index in [1.54, 1.807) is 0 Å². The lowest BCUT2D eigenvalue weighted by Crippen LogP contribution is -2.51. The molecule has 3 aromatic carbocycles. The number of piperazine rings is 1. The van der Waals surface area contributed by atoms with Gasteiger partial charge in [-0.25, -0.2) is 0 Å². The third-order valence-corrected chi connectivity index (χ3v) is 7.90.